The quantitative estimate of drug-likeness (QED) is 0.200. The highest BCUT2D eigenvalue weighted by Gasteiger charge is 2.24. The number of hydrogen-bond acceptors (Lipinski definition) is 5. The summed E-state index contributed by atoms with van der Waals surface area (Å²) in [5, 5.41) is 8.45. The highest BCUT2D eigenvalue weighted by atomic mass is 32.1. The van der Waals surface area contributed by atoms with Crippen LogP contribution in [0, 0.1) is 0 Å². The van der Waals surface area contributed by atoms with E-state index >= 15 is 0 Å². The minimum absolute atomic E-state index is 0.343. The molecule has 2 aromatic heterocycles. The summed E-state index contributed by atoms with van der Waals surface area (Å²) in [6.45, 7) is 0. The van der Waals surface area contributed by atoms with Gasteiger partial charge < -0.3 is 9.73 Å². The molecule has 3 heterocycles. The standard InChI is InChI=1S/C45H29N3OS/c1-3-12-28(13-4-1)30-16-11-17-32(24-30)44-46-43(29-14-5-2-6-15-29)47-45(48-44)33-26-36(42-35-19-7-9-20-38(35)49-39(42)27-33)31-22-23-41-37(25-31)34-18-8-10-21-40(34)50-41/h1-27,44H,(H,46,47,48). The molecule has 1 aliphatic rings. The fourth-order valence-electron chi connectivity index (χ4n) is 7.11. The van der Waals surface area contributed by atoms with Crippen molar-refractivity contribution >= 4 is 65.1 Å². The van der Waals surface area contributed by atoms with Crippen molar-refractivity contribution < 1.29 is 4.42 Å². The largest absolute Gasteiger partial charge is 0.456 e. The fraction of sp³-hybridized carbons (Fsp3) is 0.0222. The molecule has 0 saturated carbocycles. The third-order valence-electron chi connectivity index (χ3n) is 9.52. The molecule has 0 aliphatic carbocycles. The number of hydrogen-bond donors (Lipinski definition) is 1. The van der Waals surface area contributed by atoms with Crippen LogP contribution in [0.25, 0.3) is 64.4 Å². The van der Waals surface area contributed by atoms with Gasteiger partial charge in [-0.1, -0.05) is 121 Å². The molecule has 0 fully saturated rings. The van der Waals surface area contributed by atoms with Gasteiger partial charge in [0, 0.05) is 42.1 Å². The van der Waals surface area contributed by atoms with Gasteiger partial charge in [-0.15, -0.1) is 11.3 Å². The Balaban J connectivity index is 1.16. The zero-order valence-corrected chi connectivity index (χ0v) is 27.7. The van der Waals surface area contributed by atoms with E-state index in [4.69, 9.17) is 14.4 Å². The average molecular weight is 660 g/mol. The van der Waals surface area contributed by atoms with Gasteiger partial charge in [0.15, 0.2) is 5.84 Å². The van der Waals surface area contributed by atoms with Gasteiger partial charge in [0.1, 0.15) is 23.2 Å². The lowest BCUT2D eigenvalue weighted by atomic mass is 9.95. The number of nitrogens with zero attached hydrogens (tertiary/aromatic N) is 2. The van der Waals surface area contributed by atoms with Crippen LogP contribution in [0.5, 0.6) is 0 Å². The predicted molar refractivity (Wildman–Crippen MR) is 209 cm³/mol. The number of benzene rings is 7. The number of thiophene rings is 1. The Morgan fingerprint density at radius 2 is 1.22 bits per heavy atom. The van der Waals surface area contributed by atoms with E-state index in [0.29, 0.717) is 5.84 Å². The fourth-order valence-corrected chi connectivity index (χ4v) is 8.20. The van der Waals surface area contributed by atoms with Crippen molar-refractivity contribution in [1.29, 1.82) is 0 Å². The molecule has 0 bridgehead atoms. The maximum Gasteiger partial charge on any atom is 0.159 e. The van der Waals surface area contributed by atoms with Crippen LogP contribution in [0.15, 0.2) is 178 Å². The first-order chi connectivity index (χ1) is 24.7. The summed E-state index contributed by atoms with van der Waals surface area (Å²) in [6.07, 6.45) is -0.343. The number of fused-ring (bicyclic) bond motifs is 6. The first kappa shape index (κ1) is 28.7. The Morgan fingerprint density at radius 1 is 0.500 bits per heavy atom. The molecule has 0 spiro atoms. The van der Waals surface area contributed by atoms with E-state index in [1.807, 2.05) is 47.7 Å². The maximum absolute atomic E-state index is 6.57. The molecular formula is C45H29N3OS. The lowest BCUT2D eigenvalue weighted by molar-refractivity contribution is 0.666. The van der Waals surface area contributed by atoms with Gasteiger partial charge in [-0.2, -0.15) is 0 Å². The van der Waals surface area contributed by atoms with E-state index in [9.17, 15) is 0 Å². The van der Waals surface area contributed by atoms with Crippen LogP contribution in [-0.4, -0.2) is 11.7 Å². The van der Waals surface area contributed by atoms with Crippen LogP contribution in [0.1, 0.15) is 22.9 Å². The summed E-state index contributed by atoms with van der Waals surface area (Å²) in [4.78, 5) is 10.3. The van der Waals surface area contributed by atoms with Gasteiger partial charge in [0.25, 0.3) is 0 Å². The number of rotatable bonds is 5. The predicted octanol–water partition coefficient (Wildman–Crippen LogP) is 11.8. The summed E-state index contributed by atoms with van der Waals surface area (Å²) in [7, 11) is 0. The average Bonchev–Trinajstić information content (AvgIpc) is 3.76. The summed E-state index contributed by atoms with van der Waals surface area (Å²) in [5.74, 6) is 1.44. The molecule has 5 heteroatoms. The zero-order chi connectivity index (χ0) is 33.0. The Kier molecular flexibility index (Phi) is 6.71. The van der Waals surface area contributed by atoms with Crippen molar-refractivity contribution in [2.75, 3.05) is 0 Å². The number of nitrogens with one attached hydrogen (secondary N) is 1. The first-order valence-electron chi connectivity index (χ1n) is 16.8. The lowest BCUT2D eigenvalue weighted by Gasteiger charge is -2.24. The number of para-hydroxylation sites is 1. The summed E-state index contributed by atoms with van der Waals surface area (Å²) in [6, 6.07) is 57.4. The molecule has 1 atom stereocenters. The number of furan rings is 1. The molecular weight excluding hydrogens is 631 g/mol. The molecule has 7 aromatic carbocycles. The van der Waals surface area contributed by atoms with Gasteiger partial charge in [0.05, 0.1) is 0 Å². The summed E-state index contributed by atoms with van der Waals surface area (Å²) < 4.78 is 9.14. The summed E-state index contributed by atoms with van der Waals surface area (Å²) >= 11 is 1.83. The second kappa shape index (κ2) is 11.7. The highest BCUT2D eigenvalue weighted by molar-refractivity contribution is 7.25. The Morgan fingerprint density at radius 3 is 2.08 bits per heavy atom. The van der Waals surface area contributed by atoms with E-state index in [2.05, 4.69) is 133 Å². The van der Waals surface area contributed by atoms with Crippen molar-refractivity contribution in [2.45, 2.75) is 6.17 Å². The molecule has 4 nitrogen and oxygen atoms in total. The van der Waals surface area contributed by atoms with Crippen molar-refractivity contribution in [3.8, 4) is 22.3 Å². The van der Waals surface area contributed by atoms with Gasteiger partial charge in [-0.05, 0) is 70.3 Å². The minimum atomic E-state index is -0.343. The second-order valence-electron chi connectivity index (χ2n) is 12.6. The SMILES string of the molecule is c1ccc(C2=NC(c3cccc(-c4ccccc4)c3)NC(c3cc(-c4ccc5sc6ccccc6c5c4)c4c(c3)oc3ccccc34)=N2)cc1. The molecule has 50 heavy (non-hydrogen) atoms. The van der Waals surface area contributed by atoms with Crippen LogP contribution in [0.4, 0.5) is 0 Å². The second-order valence-corrected chi connectivity index (χ2v) is 13.7. The minimum Gasteiger partial charge on any atom is -0.456 e. The molecule has 9 aromatic rings. The Hall–Kier alpha value is -6.30. The van der Waals surface area contributed by atoms with E-state index in [1.165, 1.54) is 25.7 Å². The van der Waals surface area contributed by atoms with Crippen molar-refractivity contribution in [1.82, 2.24) is 5.32 Å². The first-order valence-corrected chi connectivity index (χ1v) is 17.6. The maximum atomic E-state index is 6.57. The normalized spacial score (nSPS) is 14.6. The van der Waals surface area contributed by atoms with Gasteiger partial charge in [0.2, 0.25) is 0 Å². The lowest BCUT2D eigenvalue weighted by Crippen LogP contribution is -2.33. The molecule has 0 amide bonds. The van der Waals surface area contributed by atoms with E-state index in [0.717, 1.165) is 61.2 Å². The molecule has 0 saturated heterocycles. The van der Waals surface area contributed by atoms with Crippen LogP contribution in [-0.2, 0) is 0 Å². The van der Waals surface area contributed by atoms with Gasteiger partial charge in [-0.3, -0.25) is 0 Å². The molecule has 236 valence electrons. The van der Waals surface area contributed by atoms with Crippen molar-refractivity contribution in [3.05, 3.63) is 180 Å². The van der Waals surface area contributed by atoms with Crippen LogP contribution >= 0.6 is 11.3 Å². The van der Waals surface area contributed by atoms with E-state index in [-0.39, 0.29) is 6.17 Å². The number of aliphatic imine (C=N–C) groups is 2. The smallest absolute Gasteiger partial charge is 0.159 e. The zero-order valence-electron chi connectivity index (χ0n) is 26.9. The highest BCUT2D eigenvalue weighted by Crippen LogP contribution is 2.41. The number of amidine groups is 2. The Labute approximate surface area is 292 Å². The third kappa shape index (κ3) is 4.90. The van der Waals surface area contributed by atoms with Gasteiger partial charge >= 0.3 is 0 Å². The Bertz CT molecular complexity index is 2790. The van der Waals surface area contributed by atoms with E-state index in [1.54, 1.807) is 0 Å². The summed E-state index contributed by atoms with van der Waals surface area (Å²) in [5.41, 5.74) is 9.22. The molecule has 0 radical (unpaired) electrons. The van der Waals surface area contributed by atoms with Crippen LogP contribution in [0.3, 0.4) is 0 Å². The van der Waals surface area contributed by atoms with Crippen molar-refractivity contribution in [3.63, 3.8) is 0 Å². The van der Waals surface area contributed by atoms with Crippen LogP contribution < -0.4 is 5.32 Å². The van der Waals surface area contributed by atoms with Gasteiger partial charge in [-0.25, -0.2) is 9.98 Å². The molecule has 10 rings (SSSR count). The molecule has 1 N–H and O–H groups in total. The van der Waals surface area contributed by atoms with Crippen LogP contribution in [0.2, 0.25) is 0 Å². The third-order valence-corrected chi connectivity index (χ3v) is 10.7. The molecule has 1 unspecified atom stereocenters. The van der Waals surface area contributed by atoms with Crippen molar-refractivity contribution in [2.24, 2.45) is 9.98 Å². The molecule has 1 aliphatic heterocycles. The monoisotopic (exact) mass is 659 g/mol. The topological polar surface area (TPSA) is 49.9 Å². The van der Waals surface area contributed by atoms with E-state index < -0.39 is 0 Å².